The van der Waals surface area contributed by atoms with Crippen molar-refractivity contribution in [3.63, 3.8) is 0 Å². The maximum atomic E-state index is 12.0. The maximum Gasteiger partial charge on any atom is 0.329 e. The molecule has 0 saturated carbocycles. The summed E-state index contributed by atoms with van der Waals surface area (Å²) in [7, 11) is 0. The van der Waals surface area contributed by atoms with Crippen molar-refractivity contribution in [2.45, 2.75) is 19.5 Å². The van der Waals surface area contributed by atoms with Crippen molar-refractivity contribution in [3.8, 4) is 5.75 Å². The summed E-state index contributed by atoms with van der Waals surface area (Å²) in [6.07, 6.45) is 2.93. The molecule has 0 aliphatic rings. The summed E-state index contributed by atoms with van der Waals surface area (Å²) in [6, 6.07) is 19.2. The molecule has 9 nitrogen and oxygen atoms in total. The summed E-state index contributed by atoms with van der Waals surface area (Å²) in [6.45, 7) is 1.94. The molecule has 0 saturated heterocycles. The Labute approximate surface area is 190 Å². The lowest BCUT2D eigenvalue weighted by Crippen LogP contribution is -2.39. The molecule has 0 unspecified atom stereocenters. The number of hydrogen-bond acceptors (Lipinski definition) is 6. The van der Waals surface area contributed by atoms with Gasteiger partial charge in [-0.25, -0.2) is 5.43 Å². The molecule has 170 valence electrons. The summed E-state index contributed by atoms with van der Waals surface area (Å²) >= 11 is 0. The van der Waals surface area contributed by atoms with Gasteiger partial charge in [-0.3, -0.25) is 14.4 Å². The van der Waals surface area contributed by atoms with Gasteiger partial charge in [-0.1, -0.05) is 30.3 Å². The number of benzene rings is 2. The van der Waals surface area contributed by atoms with E-state index in [1.165, 1.54) is 12.5 Å². The smallest absolute Gasteiger partial charge is 0.329 e. The first-order valence-electron chi connectivity index (χ1n) is 10.2. The van der Waals surface area contributed by atoms with E-state index in [0.29, 0.717) is 23.6 Å². The van der Waals surface area contributed by atoms with E-state index in [1.54, 1.807) is 43.3 Å². The number of carbonyl (C=O) groups is 3. The molecule has 0 spiro atoms. The first kappa shape index (κ1) is 23.3. The van der Waals surface area contributed by atoms with Gasteiger partial charge in [0.05, 0.1) is 25.1 Å². The number of rotatable bonds is 9. The topological polar surface area (TPSA) is 122 Å². The van der Waals surface area contributed by atoms with Crippen LogP contribution < -0.4 is 20.8 Å². The number of nitrogens with one attached hydrogen (secondary N) is 3. The molecule has 0 aliphatic carbocycles. The van der Waals surface area contributed by atoms with Crippen LogP contribution in [0.4, 0.5) is 0 Å². The minimum atomic E-state index is -0.866. The molecule has 33 heavy (non-hydrogen) atoms. The van der Waals surface area contributed by atoms with Crippen LogP contribution in [0.2, 0.25) is 0 Å². The van der Waals surface area contributed by atoms with Crippen molar-refractivity contribution in [3.05, 3.63) is 89.9 Å². The first-order chi connectivity index (χ1) is 16.0. The van der Waals surface area contributed by atoms with E-state index in [2.05, 4.69) is 21.2 Å². The molecule has 3 N–H and O–H groups in total. The highest BCUT2D eigenvalue weighted by atomic mass is 16.5. The van der Waals surface area contributed by atoms with Crippen molar-refractivity contribution < 1.29 is 23.5 Å². The Bertz CT molecular complexity index is 1080. The predicted octanol–water partition coefficient (Wildman–Crippen LogP) is 2.30. The minimum absolute atomic E-state index is 0.138. The highest BCUT2D eigenvalue weighted by Crippen LogP contribution is 2.12. The van der Waals surface area contributed by atoms with E-state index in [4.69, 9.17) is 9.15 Å². The zero-order valence-electron chi connectivity index (χ0n) is 18.0. The number of ether oxygens (including phenoxy) is 1. The fraction of sp³-hybridized carbons (Fsp3) is 0.167. The average Bonchev–Trinajstić information content (AvgIpc) is 3.36. The largest absolute Gasteiger partial charge is 0.484 e. The van der Waals surface area contributed by atoms with Crippen LogP contribution in [0.15, 0.2) is 82.5 Å². The maximum absolute atomic E-state index is 12.0. The van der Waals surface area contributed by atoms with E-state index in [9.17, 15) is 14.4 Å². The molecule has 0 radical (unpaired) electrons. The standard InChI is InChI=1S/C24H24N4O5/c1-17(19-6-3-2-4-7-19)27-23(30)24(31)28-26-14-18-9-11-20(12-10-18)33-16-22(29)25-15-21-8-5-13-32-21/h2-14,17H,15-16H2,1H3,(H,25,29)(H,27,30)(H,28,31)/b26-14-/t17-/m0/s1. The zero-order chi connectivity index (χ0) is 23.5. The molecule has 0 aliphatic heterocycles. The molecule has 1 atom stereocenters. The van der Waals surface area contributed by atoms with Gasteiger partial charge in [0.1, 0.15) is 11.5 Å². The summed E-state index contributed by atoms with van der Waals surface area (Å²) in [5.41, 5.74) is 3.75. The van der Waals surface area contributed by atoms with E-state index >= 15 is 0 Å². The van der Waals surface area contributed by atoms with E-state index in [-0.39, 0.29) is 18.6 Å². The third-order valence-corrected chi connectivity index (χ3v) is 4.52. The predicted molar refractivity (Wildman–Crippen MR) is 121 cm³/mol. The summed E-state index contributed by atoms with van der Waals surface area (Å²) < 4.78 is 10.6. The van der Waals surface area contributed by atoms with Gasteiger partial charge in [-0.15, -0.1) is 0 Å². The number of hydrazone groups is 1. The summed E-state index contributed by atoms with van der Waals surface area (Å²) in [4.78, 5) is 35.7. The molecule has 1 aromatic heterocycles. The third kappa shape index (κ3) is 7.66. The SMILES string of the molecule is C[C@H](NC(=O)C(=O)N/N=C\c1ccc(OCC(=O)NCc2ccco2)cc1)c1ccccc1. The lowest BCUT2D eigenvalue weighted by Gasteiger charge is -2.13. The number of carbonyl (C=O) groups excluding carboxylic acids is 3. The average molecular weight is 448 g/mol. The lowest BCUT2D eigenvalue weighted by molar-refractivity contribution is -0.139. The van der Waals surface area contributed by atoms with Crippen molar-refractivity contribution in [2.24, 2.45) is 5.10 Å². The highest BCUT2D eigenvalue weighted by molar-refractivity contribution is 6.35. The Morgan fingerprint density at radius 1 is 1.00 bits per heavy atom. The second-order valence-corrected chi connectivity index (χ2v) is 7.02. The lowest BCUT2D eigenvalue weighted by atomic mass is 10.1. The Kier molecular flexibility index (Phi) is 8.35. The summed E-state index contributed by atoms with van der Waals surface area (Å²) in [5.74, 6) is -0.771. The van der Waals surface area contributed by atoms with Crippen molar-refractivity contribution >= 4 is 23.9 Å². The highest BCUT2D eigenvalue weighted by Gasteiger charge is 2.16. The quantitative estimate of drug-likeness (QED) is 0.263. The Morgan fingerprint density at radius 2 is 1.76 bits per heavy atom. The van der Waals surface area contributed by atoms with Gasteiger partial charge in [0, 0.05) is 0 Å². The van der Waals surface area contributed by atoms with Gasteiger partial charge in [0.15, 0.2) is 6.61 Å². The van der Waals surface area contributed by atoms with Gasteiger partial charge >= 0.3 is 11.8 Å². The Balaban J connectivity index is 1.38. The molecule has 2 aromatic carbocycles. The second-order valence-electron chi connectivity index (χ2n) is 7.02. The van der Waals surface area contributed by atoms with Crippen molar-refractivity contribution in [1.29, 1.82) is 0 Å². The van der Waals surface area contributed by atoms with Gasteiger partial charge in [-0.05, 0) is 54.4 Å². The second kappa shape index (κ2) is 11.8. The summed E-state index contributed by atoms with van der Waals surface area (Å²) in [5, 5.41) is 9.09. The van der Waals surface area contributed by atoms with Crippen LogP contribution in [0.3, 0.4) is 0 Å². The normalized spacial score (nSPS) is 11.5. The molecule has 3 amide bonds. The number of nitrogens with zero attached hydrogens (tertiary/aromatic N) is 1. The van der Waals surface area contributed by atoms with E-state index < -0.39 is 11.8 Å². The fourth-order valence-electron chi connectivity index (χ4n) is 2.75. The molecule has 0 fully saturated rings. The van der Waals surface area contributed by atoms with Crippen molar-refractivity contribution in [1.82, 2.24) is 16.1 Å². The van der Waals surface area contributed by atoms with Crippen LogP contribution in [-0.2, 0) is 20.9 Å². The van der Waals surface area contributed by atoms with Crippen LogP contribution >= 0.6 is 0 Å². The van der Waals surface area contributed by atoms with Crippen LogP contribution in [-0.4, -0.2) is 30.5 Å². The third-order valence-electron chi connectivity index (χ3n) is 4.52. The molecular formula is C24H24N4O5. The molecule has 3 rings (SSSR count). The number of amides is 3. The van der Waals surface area contributed by atoms with Crippen LogP contribution in [0, 0.1) is 0 Å². The fourth-order valence-corrected chi connectivity index (χ4v) is 2.75. The molecule has 9 heteroatoms. The zero-order valence-corrected chi connectivity index (χ0v) is 18.0. The van der Waals surface area contributed by atoms with E-state index in [1.807, 2.05) is 30.3 Å². The van der Waals surface area contributed by atoms with E-state index in [0.717, 1.165) is 5.56 Å². The monoisotopic (exact) mass is 448 g/mol. The molecule has 3 aromatic rings. The van der Waals surface area contributed by atoms with Crippen LogP contribution in [0.5, 0.6) is 5.75 Å². The first-order valence-corrected chi connectivity index (χ1v) is 10.2. The van der Waals surface area contributed by atoms with Crippen molar-refractivity contribution in [2.75, 3.05) is 6.61 Å². The van der Waals surface area contributed by atoms with Gasteiger partial charge in [0.2, 0.25) is 0 Å². The van der Waals surface area contributed by atoms with Crippen LogP contribution in [0.1, 0.15) is 29.9 Å². The Hall–Kier alpha value is -4.40. The van der Waals surface area contributed by atoms with Crippen LogP contribution in [0.25, 0.3) is 0 Å². The molecule has 1 heterocycles. The number of hydrogen-bond donors (Lipinski definition) is 3. The van der Waals surface area contributed by atoms with Gasteiger partial charge in [0.25, 0.3) is 5.91 Å². The van der Waals surface area contributed by atoms with Gasteiger partial charge in [-0.2, -0.15) is 5.10 Å². The minimum Gasteiger partial charge on any atom is -0.484 e. The molecular weight excluding hydrogens is 424 g/mol. The molecule has 0 bridgehead atoms. The number of furan rings is 1. The van der Waals surface area contributed by atoms with Gasteiger partial charge < -0.3 is 19.8 Å². The Morgan fingerprint density at radius 3 is 2.45 bits per heavy atom.